The van der Waals surface area contributed by atoms with Gasteiger partial charge in [0.25, 0.3) is 0 Å². The molecule has 5 heteroatoms. The SMILES string of the molecule is COC(=O)N1C(=O)C2CC1Cc1ccc(OC)cc12. The van der Waals surface area contributed by atoms with Gasteiger partial charge in [0.2, 0.25) is 5.91 Å². The second-order valence-electron chi connectivity index (χ2n) is 4.89. The third kappa shape index (κ3) is 1.69. The molecule has 1 aliphatic carbocycles. The molecule has 0 saturated carbocycles. The molecule has 3 rings (SSSR count). The summed E-state index contributed by atoms with van der Waals surface area (Å²) in [6.45, 7) is 0. The summed E-state index contributed by atoms with van der Waals surface area (Å²) in [5.41, 5.74) is 2.09. The Balaban J connectivity index is 2.01. The second-order valence-corrected chi connectivity index (χ2v) is 4.89. The maximum atomic E-state index is 12.3. The number of fused-ring (bicyclic) bond motifs is 4. The van der Waals surface area contributed by atoms with Gasteiger partial charge in [-0.05, 0) is 36.1 Å². The molecule has 2 aliphatic rings. The Morgan fingerprint density at radius 2 is 2.16 bits per heavy atom. The summed E-state index contributed by atoms with van der Waals surface area (Å²) in [4.78, 5) is 25.3. The fourth-order valence-electron chi connectivity index (χ4n) is 3.06. The van der Waals surface area contributed by atoms with Crippen LogP contribution in [0.25, 0.3) is 0 Å². The number of amides is 2. The van der Waals surface area contributed by atoms with E-state index < -0.39 is 6.09 Å². The summed E-state index contributed by atoms with van der Waals surface area (Å²) >= 11 is 0. The van der Waals surface area contributed by atoms with Gasteiger partial charge in [0, 0.05) is 6.04 Å². The molecule has 2 atom stereocenters. The van der Waals surface area contributed by atoms with Crippen LogP contribution in [0.4, 0.5) is 4.79 Å². The van der Waals surface area contributed by atoms with Gasteiger partial charge in [-0.15, -0.1) is 0 Å². The molecule has 0 aromatic heterocycles. The van der Waals surface area contributed by atoms with Gasteiger partial charge in [0.1, 0.15) is 5.75 Å². The van der Waals surface area contributed by atoms with Crippen molar-refractivity contribution in [2.45, 2.75) is 24.8 Å². The van der Waals surface area contributed by atoms with Crippen molar-refractivity contribution in [1.29, 1.82) is 0 Å². The zero-order valence-electron chi connectivity index (χ0n) is 10.9. The molecular weight excluding hydrogens is 246 g/mol. The molecule has 2 unspecified atom stereocenters. The Bertz CT molecular complexity index is 554. The highest BCUT2D eigenvalue weighted by Gasteiger charge is 2.48. The van der Waals surface area contributed by atoms with E-state index in [4.69, 9.17) is 9.47 Å². The first kappa shape index (κ1) is 12.0. The number of carbonyl (C=O) groups is 2. The van der Waals surface area contributed by atoms with Crippen molar-refractivity contribution in [2.24, 2.45) is 0 Å². The van der Waals surface area contributed by atoms with Gasteiger partial charge in [-0.25, -0.2) is 9.69 Å². The van der Waals surface area contributed by atoms with E-state index in [-0.39, 0.29) is 17.9 Å². The predicted octanol–water partition coefficient (Wildman–Crippen LogP) is 1.70. The summed E-state index contributed by atoms with van der Waals surface area (Å²) in [5.74, 6) is 0.327. The third-order valence-corrected chi connectivity index (χ3v) is 3.96. The Labute approximate surface area is 111 Å². The zero-order valence-corrected chi connectivity index (χ0v) is 10.9. The molecule has 1 saturated heterocycles. The Kier molecular flexibility index (Phi) is 2.69. The average Bonchev–Trinajstić information content (AvgIpc) is 2.70. The number of carbonyl (C=O) groups excluding carboxylic acids is 2. The highest BCUT2D eigenvalue weighted by atomic mass is 16.5. The van der Waals surface area contributed by atoms with Crippen molar-refractivity contribution >= 4 is 12.0 Å². The normalized spacial score (nSPS) is 24.1. The summed E-state index contributed by atoms with van der Waals surface area (Å²) in [5, 5.41) is 0. The number of rotatable bonds is 1. The number of hydrogen-bond donors (Lipinski definition) is 0. The predicted molar refractivity (Wildman–Crippen MR) is 67.1 cm³/mol. The lowest BCUT2D eigenvalue weighted by Crippen LogP contribution is -2.39. The first-order valence-electron chi connectivity index (χ1n) is 6.23. The topological polar surface area (TPSA) is 55.8 Å². The van der Waals surface area contributed by atoms with E-state index in [0.717, 1.165) is 16.9 Å². The van der Waals surface area contributed by atoms with E-state index in [1.165, 1.54) is 12.0 Å². The van der Waals surface area contributed by atoms with Crippen molar-refractivity contribution < 1.29 is 19.1 Å². The van der Waals surface area contributed by atoms with Crippen LogP contribution in [0.2, 0.25) is 0 Å². The highest BCUT2D eigenvalue weighted by Crippen LogP contribution is 2.42. The Morgan fingerprint density at radius 3 is 2.84 bits per heavy atom. The molecule has 1 heterocycles. The second kappa shape index (κ2) is 4.26. The molecule has 1 aromatic carbocycles. The van der Waals surface area contributed by atoms with Gasteiger partial charge in [-0.2, -0.15) is 0 Å². The summed E-state index contributed by atoms with van der Waals surface area (Å²) < 4.78 is 9.90. The number of ether oxygens (including phenoxy) is 2. The zero-order chi connectivity index (χ0) is 13.6. The van der Waals surface area contributed by atoms with Crippen molar-refractivity contribution in [2.75, 3.05) is 14.2 Å². The van der Waals surface area contributed by atoms with E-state index in [1.807, 2.05) is 18.2 Å². The van der Waals surface area contributed by atoms with Crippen LogP contribution in [0.3, 0.4) is 0 Å². The lowest BCUT2D eigenvalue weighted by Gasteiger charge is -2.23. The van der Waals surface area contributed by atoms with Crippen molar-refractivity contribution in [3.63, 3.8) is 0 Å². The Hall–Kier alpha value is -2.04. The first-order valence-corrected chi connectivity index (χ1v) is 6.23. The van der Waals surface area contributed by atoms with Crippen molar-refractivity contribution in [1.82, 2.24) is 4.90 Å². The summed E-state index contributed by atoms with van der Waals surface area (Å²) in [6.07, 6.45) is 0.808. The van der Waals surface area contributed by atoms with Crippen molar-refractivity contribution in [3.05, 3.63) is 29.3 Å². The monoisotopic (exact) mass is 261 g/mol. The molecule has 0 spiro atoms. The van der Waals surface area contributed by atoms with Crippen LogP contribution in [0.1, 0.15) is 23.5 Å². The van der Waals surface area contributed by atoms with Gasteiger partial charge in [0.15, 0.2) is 0 Å². The number of nitrogens with zero attached hydrogens (tertiary/aromatic N) is 1. The Morgan fingerprint density at radius 1 is 1.37 bits per heavy atom. The highest BCUT2D eigenvalue weighted by molar-refractivity contribution is 5.99. The lowest BCUT2D eigenvalue weighted by molar-refractivity contribution is -0.128. The molecular formula is C14H15NO4. The maximum absolute atomic E-state index is 12.3. The van der Waals surface area contributed by atoms with Crippen molar-refractivity contribution in [3.8, 4) is 5.75 Å². The summed E-state index contributed by atoms with van der Waals surface area (Å²) in [6, 6.07) is 5.68. The smallest absolute Gasteiger partial charge is 0.416 e. The van der Waals surface area contributed by atoms with Crippen LogP contribution in [-0.2, 0) is 16.0 Å². The molecule has 0 N–H and O–H groups in total. The standard InChI is InChI=1S/C14H15NO4/c1-18-10-4-3-8-5-9-6-12(11(8)7-10)13(16)15(9)14(17)19-2/h3-4,7,9,12H,5-6H2,1-2H3. The first-order chi connectivity index (χ1) is 9.15. The fourth-order valence-corrected chi connectivity index (χ4v) is 3.06. The third-order valence-electron chi connectivity index (χ3n) is 3.96. The number of benzene rings is 1. The minimum absolute atomic E-state index is 0.0779. The molecule has 5 nitrogen and oxygen atoms in total. The number of methoxy groups -OCH3 is 2. The minimum atomic E-state index is -0.558. The van der Waals surface area contributed by atoms with E-state index in [0.29, 0.717) is 12.8 Å². The number of likely N-dealkylation sites (tertiary alicyclic amines) is 1. The number of imide groups is 1. The van der Waals surface area contributed by atoms with Crippen LogP contribution in [-0.4, -0.2) is 37.2 Å². The van der Waals surface area contributed by atoms with E-state index in [9.17, 15) is 9.59 Å². The van der Waals surface area contributed by atoms with E-state index in [1.54, 1.807) is 7.11 Å². The molecule has 1 aromatic rings. The van der Waals surface area contributed by atoms with Crippen LogP contribution in [0.15, 0.2) is 18.2 Å². The molecule has 100 valence electrons. The largest absolute Gasteiger partial charge is 0.497 e. The minimum Gasteiger partial charge on any atom is -0.497 e. The summed E-state index contributed by atoms with van der Waals surface area (Å²) in [7, 11) is 2.90. The van der Waals surface area contributed by atoms with E-state index in [2.05, 4.69) is 0 Å². The van der Waals surface area contributed by atoms with Crippen LogP contribution < -0.4 is 4.74 Å². The quantitative estimate of drug-likeness (QED) is 0.772. The molecule has 1 fully saturated rings. The van der Waals surface area contributed by atoms with Gasteiger partial charge >= 0.3 is 6.09 Å². The van der Waals surface area contributed by atoms with Gasteiger partial charge < -0.3 is 9.47 Å². The van der Waals surface area contributed by atoms with E-state index >= 15 is 0 Å². The average molecular weight is 261 g/mol. The molecule has 1 aliphatic heterocycles. The molecule has 19 heavy (non-hydrogen) atoms. The van der Waals surface area contributed by atoms with Crippen LogP contribution in [0.5, 0.6) is 5.75 Å². The molecule has 2 bridgehead atoms. The van der Waals surface area contributed by atoms with Gasteiger partial charge in [-0.3, -0.25) is 4.79 Å². The molecule has 0 radical (unpaired) electrons. The lowest BCUT2D eigenvalue weighted by atomic mass is 9.83. The van der Waals surface area contributed by atoms with Gasteiger partial charge in [-0.1, -0.05) is 6.07 Å². The molecule has 2 amide bonds. The maximum Gasteiger partial charge on any atom is 0.416 e. The van der Waals surface area contributed by atoms with Crippen LogP contribution in [0, 0.1) is 0 Å². The van der Waals surface area contributed by atoms with Crippen LogP contribution >= 0.6 is 0 Å². The number of hydrogen-bond acceptors (Lipinski definition) is 4. The van der Waals surface area contributed by atoms with Gasteiger partial charge in [0.05, 0.1) is 20.1 Å². The fraction of sp³-hybridized carbons (Fsp3) is 0.429.